The highest BCUT2D eigenvalue weighted by Gasteiger charge is 2.46. The summed E-state index contributed by atoms with van der Waals surface area (Å²) in [6.45, 7) is 6.97. The van der Waals surface area contributed by atoms with Crippen molar-refractivity contribution in [1.29, 1.82) is 0 Å². The molecule has 1 saturated heterocycles. The Morgan fingerprint density at radius 2 is 0.988 bits per heavy atom. The number of aliphatic hydroxyl groups is 2. The van der Waals surface area contributed by atoms with E-state index in [0.717, 1.165) is 61.3 Å². The number of anilines is 1. The number of ether oxygens (including phenoxy) is 3. The molecule has 1 fully saturated rings. The summed E-state index contributed by atoms with van der Waals surface area (Å²) >= 11 is 0. The van der Waals surface area contributed by atoms with Crippen LogP contribution in [-0.4, -0.2) is 85.7 Å². The molecule has 1 aliphatic heterocycles. The van der Waals surface area contributed by atoms with Crippen LogP contribution in [0.1, 0.15) is 297 Å². The van der Waals surface area contributed by atoms with Gasteiger partial charge in [0, 0.05) is 19.0 Å². The molecule has 8 atom stereocenters. The van der Waals surface area contributed by atoms with Gasteiger partial charge in [-0.05, 0) is 30.7 Å². The Hall–Kier alpha value is -2.24. The van der Waals surface area contributed by atoms with E-state index in [4.69, 9.17) is 29.0 Å². The minimum atomic E-state index is -5.43. The third-order valence-corrected chi connectivity index (χ3v) is 18.3. The second kappa shape index (κ2) is 47.0. The fraction of sp³-hybridized carbons (Fsp3) is 0.902. The molecule has 0 aliphatic carbocycles. The molecule has 0 spiro atoms. The first-order valence-corrected chi connectivity index (χ1v) is 35.3. The second-order valence-electron chi connectivity index (χ2n) is 23.7. The lowest BCUT2D eigenvalue weighted by Gasteiger charge is -2.21. The Morgan fingerprint density at radius 1 is 0.593 bits per heavy atom. The van der Waals surface area contributed by atoms with Crippen LogP contribution in [0.15, 0.2) is 17.1 Å². The number of aromatic nitrogens is 2. The van der Waals surface area contributed by atoms with Crippen molar-refractivity contribution in [3.8, 4) is 0 Å². The third kappa shape index (κ3) is 39.9. The summed E-state index contributed by atoms with van der Waals surface area (Å²) in [7, 11) is -10.8. The van der Waals surface area contributed by atoms with E-state index in [9.17, 15) is 43.5 Å². The molecule has 18 nitrogen and oxygen atoms in total. The number of carbonyl (C=O) groups excluding carboxylic acids is 2. The number of nitrogens with two attached hydrogens (primary N) is 1. The summed E-state index contributed by atoms with van der Waals surface area (Å²) < 4.78 is 57.2. The van der Waals surface area contributed by atoms with Gasteiger partial charge in [0.05, 0.1) is 13.2 Å². The lowest BCUT2D eigenvalue weighted by atomic mass is 9.99. The molecule has 474 valence electrons. The van der Waals surface area contributed by atoms with Crippen molar-refractivity contribution in [2.24, 2.45) is 11.8 Å². The van der Waals surface area contributed by atoms with E-state index in [1.165, 1.54) is 205 Å². The molecule has 1 aliphatic rings. The van der Waals surface area contributed by atoms with Gasteiger partial charge >= 0.3 is 33.3 Å². The molecule has 81 heavy (non-hydrogen) atoms. The number of rotatable bonds is 55. The highest BCUT2D eigenvalue weighted by Crippen LogP contribution is 2.60. The highest BCUT2D eigenvalue weighted by molar-refractivity contribution is 7.61. The molecule has 1 aromatic rings. The number of carbonyl (C=O) groups is 2. The van der Waals surface area contributed by atoms with Crippen LogP contribution < -0.4 is 11.4 Å². The van der Waals surface area contributed by atoms with Crippen molar-refractivity contribution >= 4 is 33.4 Å². The van der Waals surface area contributed by atoms with Crippen LogP contribution in [0.2, 0.25) is 0 Å². The number of aliphatic hydroxyl groups excluding tert-OH is 2. The number of phosphoric acid groups is 2. The SMILES string of the molecule is CCC(C)CCCCCCCCCCCCCCCCCCCCC(=O)O[C@H](COC(=O)CCCCCCCCCCCCCCCCCCCCC(C)C)COP(=O)(O)OP(=O)(O)OC[C@H]1O[C@@H](n2ccc(N)nc2=O)C(O)[C@H]1O. The fourth-order valence-electron chi connectivity index (χ4n) is 10.3. The minimum absolute atomic E-state index is 0.0585. The third-order valence-electron chi connectivity index (χ3n) is 15.7. The van der Waals surface area contributed by atoms with Crippen molar-refractivity contribution in [2.75, 3.05) is 25.6 Å². The van der Waals surface area contributed by atoms with Gasteiger partial charge in [-0.25, -0.2) is 13.9 Å². The lowest BCUT2D eigenvalue weighted by Crippen LogP contribution is -2.36. The van der Waals surface area contributed by atoms with E-state index >= 15 is 0 Å². The summed E-state index contributed by atoms with van der Waals surface area (Å²) in [4.78, 5) is 62.3. The van der Waals surface area contributed by atoms with Crippen molar-refractivity contribution in [2.45, 2.75) is 322 Å². The van der Waals surface area contributed by atoms with Crippen molar-refractivity contribution in [1.82, 2.24) is 9.55 Å². The number of unbranched alkanes of at least 4 members (excludes halogenated alkanes) is 34. The highest BCUT2D eigenvalue weighted by atomic mass is 31.3. The molecule has 2 rings (SSSR count). The molecule has 4 unspecified atom stereocenters. The van der Waals surface area contributed by atoms with Crippen LogP contribution in [0.5, 0.6) is 0 Å². The quantitative estimate of drug-likeness (QED) is 0.0230. The molecule has 2 heterocycles. The number of phosphoric ester groups is 2. The van der Waals surface area contributed by atoms with E-state index in [1.54, 1.807) is 0 Å². The van der Waals surface area contributed by atoms with E-state index < -0.39 is 83.7 Å². The zero-order chi connectivity index (χ0) is 59.4. The monoisotopic (exact) mass is 1190 g/mol. The molecule has 1 aromatic heterocycles. The smallest absolute Gasteiger partial charge is 0.462 e. The molecule has 20 heteroatoms. The van der Waals surface area contributed by atoms with Gasteiger partial charge in [0.1, 0.15) is 30.7 Å². The van der Waals surface area contributed by atoms with Crippen molar-refractivity contribution in [3.63, 3.8) is 0 Å². The lowest BCUT2D eigenvalue weighted by molar-refractivity contribution is -0.161. The van der Waals surface area contributed by atoms with Crippen LogP contribution in [0.25, 0.3) is 0 Å². The maximum atomic E-state index is 13.0. The maximum absolute atomic E-state index is 13.0. The van der Waals surface area contributed by atoms with Gasteiger partial charge in [-0.15, -0.1) is 0 Å². The summed E-state index contributed by atoms with van der Waals surface area (Å²) in [5.41, 5.74) is 4.62. The first-order chi connectivity index (χ1) is 38.9. The summed E-state index contributed by atoms with van der Waals surface area (Å²) in [5.74, 6) is 0.429. The molecule has 0 bridgehead atoms. The molecule has 0 saturated carbocycles. The Balaban J connectivity index is 1.69. The first kappa shape index (κ1) is 74.9. The van der Waals surface area contributed by atoms with Crippen LogP contribution in [0, 0.1) is 11.8 Å². The van der Waals surface area contributed by atoms with E-state index in [-0.39, 0.29) is 18.7 Å². The Bertz CT molecular complexity index is 1890. The first-order valence-electron chi connectivity index (χ1n) is 32.3. The summed E-state index contributed by atoms with van der Waals surface area (Å²) in [5, 5.41) is 21.0. The van der Waals surface area contributed by atoms with Gasteiger partial charge < -0.3 is 39.9 Å². The number of hydrogen-bond acceptors (Lipinski definition) is 15. The van der Waals surface area contributed by atoms with E-state index in [2.05, 4.69) is 37.0 Å². The largest absolute Gasteiger partial charge is 0.481 e. The Kier molecular flexibility index (Phi) is 43.4. The molecule has 6 N–H and O–H groups in total. The van der Waals surface area contributed by atoms with Gasteiger partial charge in [0.2, 0.25) is 0 Å². The molecule has 0 amide bonds. The average Bonchev–Trinajstić information content (AvgIpc) is 3.86. The number of nitrogen functional groups attached to an aromatic ring is 1. The van der Waals surface area contributed by atoms with Crippen LogP contribution in [0.3, 0.4) is 0 Å². The predicted molar refractivity (Wildman–Crippen MR) is 321 cm³/mol. The minimum Gasteiger partial charge on any atom is -0.462 e. The van der Waals surface area contributed by atoms with Crippen LogP contribution in [0.4, 0.5) is 5.82 Å². The molecule has 0 aromatic carbocycles. The number of hydrogen-bond donors (Lipinski definition) is 5. The van der Waals surface area contributed by atoms with Crippen LogP contribution >= 0.6 is 15.6 Å². The van der Waals surface area contributed by atoms with Gasteiger partial charge in [0.15, 0.2) is 12.3 Å². The van der Waals surface area contributed by atoms with Crippen molar-refractivity contribution < 1.29 is 66.3 Å². The van der Waals surface area contributed by atoms with Crippen molar-refractivity contribution in [3.05, 3.63) is 22.7 Å². The van der Waals surface area contributed by atoms with Gasteiger partial charge in [-0.3, -0.25) is 23.2 Å². The summed E-state index contributed by atoms with van der Waals surface area (Å²) in [6.07, 6.45) is 41.6. The number of esters is 2. The standard InChI is InChI=1S/C61H115N3O15P2/c1-5-52(4)43-39-35-31-27-23-19-15-11-7-9-13-17-21-25-29-33-37-41-45-57(66)77-53(48-74-56(65)44-40-36-32-28-24-20-16-12-8-6-10-14-18-22-26-30-34-38-42-51(2)3)49-75-80(70,71)79-81(72,73)76-50-54-58(67)59(68)60(78-54)64-47-46-55(62)63-61(64)69/h46-47,51-54,58-60,67-68H,5-45,48-50H2,1-4H3,(H,70,71)(H,72,73)(H2,62,63,69)/t52?,53-,54-,58+,59?,60-/m1/s1. The fourth-order valence-corrected chi connectivity index (χ4v) is 12.4. The molecule has 0 radical (unpaired) electrons. The van der Waals surface area contributed by atoms with Gasteiger partial charge in [-0.1, -0.05) is 265 Å². The number of nitrogens with zero attached hydrogens (tertiary/aromatic N) is 2. The van der Waals surface area contributed by atoms with E-state index in [0.29, 0.717) is 12.8 Å². The molecular formula is C61H115N3O15P2. The van der Waals surface area contributed by atoms with E-state index in [1.807, 2.05) is 0 Å². The Morgan fingerprint density at radius 3 is 1.41 bits per heavy atom. The van der Waals surface area contributed by atoms with Gasteiger partial charge in [0.25, 0.3) is 0 Å². The normalized spacial score (nSPS) is 18.7. The van der Waals surface area contributed by atoms with Gasteiger partial charge in [-0.2, -0.15) is 9.29 Å². The topological polar surface area (TPSA) is 265 Å². The maximum Gasteiger partial charge on any atom is 0.481 e. The zero-order valence-corrected chi connectivity index (χ0v) is 52.7. The Labute approximate surface area is 489 Å². The predicted octanol–water partition coefficient (Wildman–Crippen LogP) is 15.5. The summed E-state index contributed by atoms with van der Waals surface area (Å²) in [6, 6.07) is 1.26. The second-order valence-corrected chi connectivity index (χ2v) is 26.8. The average molecular weight is 1190 g/mol. The molecular weight excluding hydrogens is 1080 g/mol. The van der Waals surface area contributed by atoms with Crippen LogP contribution in [-0.2, 0) is 46.3 Å². The zero-order valence-electron chi connectivity index (χ0n) is 51.0.